The number of nitrogens with one attached hydrogen (secondary N) is 2. The minimum absolute atomic E-state index is 0.0892. The second kappa shape index (κ2) is 10.7. The van der Waals surface area contributed by atoms with Crippen molar-refractivity contribution in [3.05, 3.63) is 29.8 Å². The zero-order valence-corrected chi connectivity index (χ0v) is 14.8. The Morgan fingerprint density at radius 1 is 1.48 bits per heavy atom. The van der Waals surface area contributed by atoms with Crippen LogP contribution in [0.15, 0.2) is 29.3 Å². The molecule has 0 spiro atoms. The number of rotatable bonds is 9. The van der Waals surface area contributed by atoms with Gasteiger partial charge in [0.15, 0.2) is 5.96 Å². The van der Waals surface area contributed by atoms with Crippen LogP contribution in [-0.4, -0.2) is 44.3 Å². The van der Waals surface area contributed by atoms with Crippen LogP contribution in [0.2, 0.25) is 0 Å². The topological polar surface area (TPSA) is 98.0 Å². The van der Waals surface area contributed by atoms with Crippen LogP contribution in [0.3, 0.4) is 0 Å². The van der Waals surface area contributed by atoms with Gasteiger partial charge in [-0.15, -0.1) is 0 Å². The summed E-state index contributed by atoms with van der Waals surface area (Å²) >= 11 is 0. The quantitative estimate of drug-likeness (QED) is 0.358. The third-order valence-corrected chi connectivity index (χ3v) is 3.82. The van der Waals surface area contributed by atoms with Crippen LogP contribution in [-0.2, 0) is 20.8 Å². The summed E-state index contributed by atoms with van der Waals surface area (Å²) < 4.78 is 10.7. The summed E-state index contributed by atoms with van der Waals surface area (Å²) in [6.07, 6.45) is 2.26. The molecule has 1 unspecified atom stereocenters. The summed E-state index contributed by atoms with van der Waals surface area (Å²) in [6.45, 7) is 5.25. The molecule has 0 aromatic heterocycles. The van der Waals surface area contributed by atoms with Gasteiger partial charge in [-0.1, -0.05) is 12.1 Å². The minimum Gasteiger partial charge on any atom is -0.382 e. The molecular weight excluding hydrogens is 320 g/mol. The second-order valence-electron chi connectivity index (χ2n) is 5.87. The zero-order chi connectivity index (χ0) is 17.9. The molecule has 0 aliphatic carbocycles. The van der Waals surface area contributed by atoms with Gasteiger partial charge in [0.2, 0.25) is 0 Å². The lowest BCUT2D eigenvalue weighted by molar-refractivity contribution is -0.124. The lowest BCUT2D eigenvalue weighted by atomic mass is 10.2. The van der Waals surface area contributed by atoms with Crippen molar-refractivity contribution in [2.75, 3.05) is 31.7 Å². The minimum atomic E-state index is -0.335. The first-order chi connectivity index (χ1) is 12.2. The molecule has 1 heterocycles. The van der Waals surface area contributed by atoms with E-state index in [1.165, 1.54) is 0 Å². The van der Waals surface area contributed by atoms with Crippen molar-refractivity contribution >= 4 is 17.6 Å². The summed E-state index contributed by atoms with van der Waals surface area (Å²) in [5.74, 6) is 0.318. The van der Waals surface area contributed by atoms with Crippen LogP contribution in [0.25, 0.3) is 0 Å². The van der Waals surface area contributed by atoms with E-state index in [9.17, 15) is 4.79 Å². The van der Waals surface area contributed by atoms with E-state index < -0.39 is 0 Å². The van der Waals surface area contributed by atoms with Gasteiger partial charge < -0.3 is 25.8 Å². The highest BCUT2D eigenvalue weighted by molar-refractivity contribution is 5.94. The van der Waals surface area contributed by atoms with Gasteiger partial charge in [-0.25, -0.2) is 4.99 Å². The molecule has 7 nitrogen and oxygen atoms in total. The molecule has 1 aliphatic rings. The SMILES string of the molecule is CCOCCCNC(N)=NCc1cccc(NC(=O)C2CCCO2)c1. The van der Waals surface area contributed by atoms with Gasteiger partial charge in [-0.2, -0.15) is 0 Å². The smallest absolute Gasteiger partial charge is 0.253 e. The maximum absolute atomic E-state index is 12.1. The Kier molecular flexibility index (Phi) is 8.21. The number of hydrogen-bond acceptors (Lipinski definition) is 4. The van der Waals surface area contributed by atoms with E-state index >= 15 is 0 Å². The number of anilines is 1. The number of ether oxygens (including phenoxy) is 2. The highest BCUT2D eigenvalue weighted by Crippen LogP contribution is 2.16. The molecular formula is C18H28N4O3. The van der Waals surface area contributed by atoms with Gasteiger partial charge in [0.1, 0.15) is 6.10 Å². The number of guanidine groups is 1. The standard InChI is InChI=1S/C18H28N4O3/c1-2-24-10-5-9-20-18(19)21-13-14-6-3-7-15(12-14)22-17(23)16-8-4-11-25-16/h3,6-7,12,16H,2,4-5,8-11,13H2,1H3,(H,22,23)(H3,19,20,21). The predicted octanol–water partition coefficient (Wildman–Crippen LogP) is 1.64. The molecule has 1 aromatic rings. The fraction of sp³-hybridized carbons (Fsp3) is 0.556. The second-order valence-corrected chi connectivity index (χ2v) is 5.87. The van der Waals surface area contributed by atoms with E-state index in [1.807, 2.05) is 31.2 Å². The van der Waals surface area contributed by atoms with Gasteiger partial charge >= 0.3 is 0 Å². The normalized spacial score (nSPS) is 17.5. The largest absolute Gasteiger partial charge is 0.382 e. The van der Waals surface area contributed by atoms with Crippen LogP contribution >= 0.6 is 0 Å². The molecule has 7 heteroatoms. The van der Waals surface area contributed by atoms with E-state index in [2.05, 4.69) is 15.6 Å². The van der Waals surface area contributed by atoms with Crippen LogP contribution in [0.5, 0.6) is 0 Å². The van der Waals surface area contributed by atoms with Crippen molar-refractivity contribution in [2.45, 2.75) is 38.8 Å². The van der Waals surface area contributed by atoms with Gasteiger partial charge in [0.25, 0.3) is 5.91 Å². The molecule has 4 N–H and O–H groups in total. The molecule has 0 bridgehead atoms. The van der Waals surface area contributed by atoms with Crippen LogP contribution in [0, 0.1) is 0 Å². The average molecular weight is 348 g/mol. The van der Waals surface area contributed by atoms with Crippen LogP contribution in [0.1, 0.15) is 31.7 Å². The van der Waals surface area contributed by atoms with Crippen molar-refractivity contribution in [1.82, 2.24) is 5.32 Å². The van der Waals surface area contributed by atoms with E-state index in [4.69, 9.17) is 15.2 Å². The van der Waals surface area contributed by atoms with E-state index in [0.717, 1.165) is 43.7 Å². The maximum Gasteiger partial charge on any atom is 0.253 e. The fourth-order valence-corrected chi connectivity index (χ4v) is 2.52. The number of amides is 1. The molecule has 1 atom stereocenters. The number of carbonyl (C=O) groups excluding carboxylic acids is 1. The molecule has 2 rings (SSSR count). The van der Waals surface area contributed by atoms with Crippen molar-refractivity contribution < 1.29 is 14.3 Å². The average Bonchev–Trinajstić information content (AvgIpc) is 3.15. The lowest BCUT2D eigenvalue weighted by Crippen LogP contribution is -2.32. The Labute approximate surface area is 149 Å². The van der Waals surface area contributed by atoms with Crippen molar-refractivity contribution in [3.63, 3.8) is 0 Å². The number of hydrogen-bond donors (Lipinski definition) is 3. The summed E-state index contributed by atoms with van der Waals surface area (Å²) in [7, 11) is 0. The fourth-order valence-electron chi connectivity index (χ4n) is 2.52. The Morgan fingerprint density at radius 3 is 3.12 bits per heavy atom. The Hall–Kier alpha value is -2.12. The first-order valence-corrected chi connectivity index (χ1v) is 8.82. The zero-order valence-electron chi connectivity index (χ0n) is 14.8. The lowest BCUT2D eigenvalue weighted by Gasteiger charge is -2.11. The Balaban J connectivity index is 1.78. The highest BCUT2D eigenvalue weighted by Gasteiger charge is 2.23. The third kappa shape index (κ3) is 7.11. The van der Waals surface area contributed by atoms with Gasteiger partial charge in [-0.3, -0.25) is 4.79 Å². The monoisotopic (exact) mass is 348 g/mol. The number of aliphatic imine (C=N–C) groups is 1. The molecule has 25 heavy (non-hydrogen) atoms. The predicted molar refractivity (Wildman–Crippen MR) is 98.5 cm³/mol. The summed E-state index contributed by atoms with van der Waals surface area (Å²) in [4.78, 5) is 16.4. The summed E-state index contributed by atoms with van der Waals surface area (Å²) in [5, 5.41) is 5.95. The van der Waals surface area contributed by atoms with Gasteiger partial charge in [0, 0.05) is 32.1 Å². The van der Waals surface area contributed by atoms with Crippen molar-refractivity contribution in [1.29, 1.82) is 0 Å². The number of benzene rings is 1. The van der Waals surface area contributed by atoms with E-state index in [1.54, 1.807) is 0 Å². The Morgan fingerprint density at radius 2 is 2.36 bits per heavy atom. The number of nitrogens with two attached hydrogens (primary N) is 1. The first kappa shape index (κ1) is 19.2. The number of carbonyl (C=O) groups is 1. The third-order valence-electron chi connectivity index (χ3n) is 3.82. The maximum atomic E-state index is 12.1. The molecule has 1 aromatic carbocycles. The van der Waals surface area contributed by atoms with E-state index in [0.29, 0.717) is 25.7 Å². The van der Waals surface area contributed by atoms with Crippen LogP contribution < -0.4 is 16.4 Å². The van der Waals surface area contributed by atoms with Gasteiger partial charge in [0.05, 0.1) is 6.54 Å². The van der Waals surface area contributed by atoms with Crippen molar-refractivity contribution in [3.8, 4) is 0 Å². The molecule has 1 saturated heterocycles. The number of nitrogens with zero attached hydrogens (tertiary/aromatic N) is 1. The van der Waals surface area contributed by atoms with Gasteiger partial charge in [-0.05, 0) is 43.9 Å². The summed E-state index contributed by atoms with van der Waals surface area (Å²) in [6, 6.07) is 7.60. The molecule has 138 valence electrons. The highest BCUT2D eigenvalue weighted by atomic mass is 16.5. The van der Waals surface area contributed by atoms with Crippen LogP contribution in [0.4, 0.5) is 5.69 Å². The molecule has 1 amide bonds. The molecule has 0 saturated carbocycles. The molecule has 1 fully saturated rings. The first-order valence-electron chi connectivity index (χ1n) is 8.82. The van der Waals surface area contributed by atoms with Crippen molar-refractivity contribution in [2.24, 2.45) is 10.7 Å². The summed E-state index contributed by atoms with van der Waals surface area (Å²) in [5.41, 5.74) is 7.57. The van der Waals surface area contributed by atoms with E-state index in [-0.39, 0.29) is 12.0 Å². The molecule has 0 radical (unpaired) electrons. The Bertz CT molecular complexity index is 571. The molecule has 1 aliphatic heterocycles.